The molecule has 0 bridgehead atoms. The molecular weight excluding hydrogens is 326 g/mol. The molecule has 2 aromatic heterocycles. The highest BCUT2D eigenvalue weighted by Crippen LogP contribution is 2.14. The van der Waals surface area contributed by atoms with E-state index in [-0.39, 0.29) is 18.1 Å². The zero-order chi connectivity index (χ0) is 16.6. The lowest BCUT2D eigenvalue weighted by molar-refractivity contribution is -0.126. The minimum absolute atomic E-state index is 0.0150. The van der Waals surface area contributed by atoms with Gasteiger partial charge in [-0.25, -0.2) is 4.98 Å². The lowest BCUT2D eigenvalue weighted by atomic mass is 10.1. The number of aryl methyl sites for hydroxylation is 1. The third-order valence-electron chi connectivity index (χ3n) is 3.94. The van der Waals surface area contributed by atoms with E-state index in [0.717, 1.165) is 17.7 Å². The van der Waals surface area contributed by atoms with Crippen molar-refractivity contribution in [1.29, 1.82) is 0 Å². The van der Waals surface area contributed by atoms with Gasteiger partial charge in [0.1, 0.15) is 6.10 Å². The lowest BCUT2D eigenvalue weighted by Crippen LogP contribution is -2.50. The molecule has 1 aliphatic heterocycles. The van der Waals surface area contributed by atoms with Gasteiger partial charge in [0.25, 0.3) is 0 Å². The van der Waals surface area contributed by atoms with Crippen molar-refractivity contribution < 1.29 is 14.3 Å². The van der Waals surface area contributed by atoms with Gasteiger partial charge in [-0.3, -0.25) is 9.78 Å². The van der Waals surface area contributed by atoms with Gasteiger partial charge in [0, 0.05) is 30.8 Å². The maximum Gasteiger partial charge on any atom is 0.220 e. The van der Waals surface area contributed by atoms with Gasteiger partial charge in [0.15, 0.2) is 0 Å². The highest BCUT2D eigenvalue weighted by Gasteiger charge is 2.28. The Kier molecular flexibility index (Phi) is 6.28. The molecule has 1 fully saturated rings. The van der Waals surface area contributed by atoms with Crippen molar-refractivity contribution in [2.24, 2.45) is 0 Å². The average molecular weight is 347 g/mol. The second-order valence-corrected chi connectivity index (χ2v) is 6.45. The number of carbonyl (C=O) groups excluding carboxylic acids is 1. The van der Waals surface area contributed by atoms with E-state index >= 15 is 0 Å². The average Bonchev–Trinajstić information content (AvgIpc) is 3.14. The quantitative estimate of drug-likeness (QED) is 0.829. The topological polar surface area (TPSA) is 73.3 Å². The molecule has 2 aromatic rings. The largest absolute Gasteiger partial charge is 0.379 e. The fraction of sp³-hybridized carbons (Fsp3) is 0.471. The smallest absolute Gasteiger partial charge is 0.220 e. The summed E-state index contributed by atoms with van der Waals surface area (Å²) in [6, 6.07) is 3.85. The summed E-state index contributed by atoms with van der Waals surface area (Å²) in [4.78, 5) is 20.5. The van der Waals surface area contributed by atoms with Gasteiger partial charge in [0.05, 0.1) is 30.5 Å². The van der Waals surface area contributed by atoms with Crippen LogP contribution >= 0.6 is 11.3 Å². The first-order chi connectivity index (χ1) is 11.8. The van der Waals surface area contributed by atoms with Crippen LogP contribution < -0.4 is 5.32 Å². The van der Waals surface area contributed by atoms with Gasteiger partial charge in [-0.2, -0.15) is 0 Å². The molecule has 6 nitrogen and oxygen atoms in total. The molecule has 0 aromatic carbocycles. The summed E-state index contributed by atoms with van der Waals surface area (Å²) in [6.07, 6.45) is 5.29. The number of nitrogens with one attached hydrogen (secondary N) is 1. The molecule has 1 N–H and O–H groups in total. The molecule has 0 radical (unpaired) electrons. The molecule has 0 aliphatic carbocycles. The van der Waals surface area contributed by atoms with E-state index in [2.05, 4.69) is 15.3 Å². The van der Waals surface area contributed by atoms with Crippen LogP contribution in [0, 0.1) is 0 Å². The number of carbonyl (C=O) groups is 1. The maximum absolute atomic E-state index is 12.2. The van der Waals surface area contributed by atoms with E-state index in [4.69, 9.17) is 9.47 Å². The number of aromatic nitrogens is 2. The summed E-state index contributed by atoms with van der Waals surface area (Å²) in [7, 11) is 0. The Labute approximate surface area is 145 Å². The van der Waals surface area contributed by atoms with E-state index in [0.29, 0.717) is 32.7 Å². The molecular formula is C17H21N3O3S. The molecule has 7 heteroatoms. The molecule has 1 saturated heterocycles. The molecule has 3 heterocycles. The first kappa shape index (κ1) is 17.0. The first-order valence-electron chi connectivity index (χ1n) is 8.06. The van der Waals surface area contributed by atoms with Crippen LogP contribution in [0.2, 0.25) is 0 Å². The Morgan fingerprint density at radius 2 is 2.46 bits per heavy atom. The van der Waals surface area contributed by atoms with Crippen LogP contribution in [0.3, 0.4) is 0 Å². The Hall–Kier alpha value is -1.83. The third-order valence-corrected chi connectivity index (χ3v) is 4.58. The molecule has 1 amide bonds. The summed E-state index contributed by atoms with van der Waals surface area (Å²) in [5.74, 6) is 0.0352. The van der Waals surface area contributed by atoms with Gasteiger partial charge in [-0.15, -0.1) is 11.3 Å². The van der Waals surface area contributed by atoms with Crippen LogP contribution in [0.4, 0.5) is 0 Å². The predicted molar refractivity (Wildman–Crippen MR) is 90.6 cm³/mol. The molecule has 0 unspecified atom stereocenters. The minimum Gasteiger partial charge on any atom is -0.379 e. The second-order valence-electron chi connectivity index (χ2n) is 5.73. The van der Waals surface area contributed by atoms with Crippen LogP contribution in [-0.2, 0) is 27.3 Å². The molecule has 3 rings (SSSR count). The fourth-order valence-corrected chi connectivity index (χ4v) is 3.17. The molecule has 0 spiro atoms. The summed E-state index contributed by atoms with van der Waals surface area (Å²) in [5, 5.41) is 5.05. The molecule has 24 heavy (non-hydrogen) atoms. The number of rotatable bonds is 7. The number of amides is 1. The van der Waals surface area contributed by atoms with Crippen molar-refractivity contribution in [2.45, 2.75) is 38.0 Å². The molecule has 1 aliphatic rings. The maximum atomic E-state index is 12.2. The van der Waals surface area contributed by atoms with Gasteiger partial charge >= 0.3 is 0 Å². The summed E-state index contributed by atoms with van der Waals surface area (Å²) in [5.41, 5.74) is 3.76. The van der Waals surface area contributed by atoms with E-state index in [1.807, 2.05) is 17.5 Å². The summed E-state index contributed by atoms with van der Waals surface area (Å²) >= 11 is 1.54. The molecule has 0 saturated carbocycles. The van der Waals surface area contributed by atoms with Crippen molar-refractivity contribution >= 4 is 17.2 Å². The minimum atomic E-state index is -0.136. The van der Waals surface area contributed by atoms with E-state index in [1.54, 1.807) is 29.2 Å². The van der Waals surface area contributed by atoms with Gasteiger partial charge in [-0.1, -0.05) is 6.07 Å². The van der Waals surface area contributed by atoms with Crippen molar-refractivity contribution in [3.63, 3.8) is 0 Å². The highest BCUT2D eigenvalue weighted by atomic mass is 32.1. The Balaban J connectivity index is 1.46. The van der Waals surface area contributed by atoms with Crippen molar-refractivity contribution in [3.05, 3.63) is 46.7 Å². The second kappa shape index (κ2) is 8.86. The van der Waals surface area contributed by atoms with Crippen LogP contribution in [0.1, 0.15) is 24.1 Å². The fourth-order valence-electron chi connectivity index (χ4n) is 2.63. The summed E-state index contributed by atoms with van der Waals surface area (Å²) in [6.45, 7) is 1.58. The van der Waals surface area contributed by atoms with Crippen molar-refractivity contribution in [3.8, 4) is 0 Å². The summed E-state index contributed by atoms with van der Waals surface area (Å²) < 4.78 is 11.4. The van der Waals surface area contributed by atoms with Crippen LogP contribution in [0.15, 0.2) is 35.4 Å². The number of thiazole rings is 1. The number of hydrogen-bond donors (Lipinski definition) is 1. The lowest BCUT2D eigenvalue weighted by Gasteiger charge is -2.32. The number of nitrogens with zero attached hydrogens (tertiary/aromatic N) is 2. The van der Waals surface area contributed by atoms with Gasteiger partial charge in [0.2, 0.25) is 5.91 Å². The molecule has 128 valence electrons. The SMILES string of the molecule is O=C(CCc1cccnc1)N[C@@H]1CCOC[C@H]1OCc1cscn1. The van der Waals surface area contributed by atoms with Crippen molar-refractivity contribution in [2.75, 3.05) is 13.2 Å². The van der Waals surface area contributed by atoms with E-state index < -0.39 is 0 Å². The number of hydrogen-bond acceptors (Lipinski definition) is 6. The normalized spacial score (nSPS) is 20.7. The third kappa shape index (κ3) is 5.09. The Morgan fingerprint density at radius 1 is 1.50 bits per heavy atom. The monoisotopic (exact) mass is 347 g/mol. The van der Waals surface area contributed by atoms with Crippen molar-refractivity contribution in [1.82, 2.24) is 15.3 Å². The zero-order valence-electron chi connectivity index (χ0n) is 13.4. The van der Waals surface area contributed by atoms with Crippen LogP contribution in [0.25, 0.3) is 0 Å². The van der Waals surface area contributed by atoms with Crippen LogP contribution in [0.5, 0.6) is 0 Å². The van der Waals surface area contributed by atoms with E-state index in [1.165, 1.54) is 0 Å². The van der Waals surface area contributed by atoms with E-state index in [9.17, 15) is 4.79 Å². The number of ether oxygens (including phenoxy) is 2. The van der Waals surface area contributed by atoms with Gasteiger partial charge in [-0.05, 0) is 24.5 Å². The Morgan fingerprint density at radius 3 is 3.25 bits per heavy atom. The first-order valence-corrected chi connectivity index (χ1v) is 9.00. The Bertz CT molecular complexity index is 621. The van der Waals surface area contributed by atoms with Crippen LogP contribution in [-0.4, -0.2) is 41.2 Å². The molecule has 2 atom stereocenters. The highest BCUT2D eigenvalue weighted by molar-refractivity contribution is 7.07. The predicted octanol–water partition coefficient (Wildman–Crippen LogP) is 1.96. The standard InChI is InChI=1S/C17H21N3O3S/c21-17(4-3-13-2-1-6-18-8-13)20-15-5-7-22-10-16(15)23-9-14-11-24-12-19-14/h1-2,6,8,11-12,15-16H,3-5,7,9-10H2,(H,20,21)/t15-,16-/m1/s1. The number of pyridine rings is 1. The zero-order valence-corrected chi connectivity index (χ0v) is 14.2. The van der Waals surface area contributed by atoms with Gasteiger partial charge < -0.3 is 14.8 Å².